The van der Waals surface area contributed by atoms with Crippen LogP contribution in [0.1, 0.15) is 0 Å². The predicted octanol–water partition coefficient (Wildman–Crippen LogP) is -3.30. The topological polar surface area (TPSA) is 157 Å². The van der Waals surface area contributed by atoms with Crippen molar-refractivity contribution in [2.24, 2.45) is 7.05 Å². The second-order valence-corrected chi connectivity index (χ2v) is 4.76. The van der Waals surface area contributed by atoms with E-state index in [4.69, 9.17) is 9.84 Å². The van der Waals surface area contributed by atoms with E-state index in [0.717, 1.165) is 10.8 Å². The molecule has 0 saturated carbocycles. The molecule has 1 aromatic heterocycles. The van der Waals surface area contributed by atoms with Gasteiger partial charge in [-0.05, 0) is 0 Å². The van der Waals surface area contributed by atoms with E-state index in [-0.39, 0.29) is 11.6 Å². The number of rotatable bonds is 3. The number of ether oxygens (including phenoxy) is 1. The molecule has 0 spiro atoms. The average molecular weight is 303 g/mol. The van der Waals surface area contributed by atoms with E-state index in [0.29, 0.717) is 0 Å². The summed E-state index contributed by atoms with van der Waals surface area (Å²) in [5, 5.41) is 50.3. The highest BCUT2D eigenvalue weighted by Gasteiger charge is 2.43. The van der Waals surface area contributed by atoms with Crippen LogP contribution in [0.15, 0.2) is 11.0 Å². The van der Waals surface area contributed by atoms with Crippen LogP contribution < -0.4 is 11.0 Å². The Morgan fingerprint density at radius 2 is 2.00 bits per heavy atom. The molecule has 0 amide bonds. The van der Waals surface area contributed by atoms with E-state index in [9.17, 15) is 25.2 Å². The first-order chi connectivity index (χ1) is 9.85. The number of aromatic hydroxyl groups is 1. The van der Waals surface area contributed by atoms with Crippen LogP contribution in [0.4, 0.5) is 5.82 Å². The number of aryl methyl sites for hydroxylation is 1. The minimum Gasteiger partial charge on any atom is -0.503 e. The standard InChI is InChI=1S/C11H17N3O7/c1-14-2-4(16)9(13-11(14)20)12-10-8(19)7(18)6(17)5(3-15)21-10/h2,5-8,10,15-19H,3H2,1H3,(H,12,13,20)/t5-,6-,7+,8-,10-/m1/s1. The van der Waals surface area contributed by atoms with Crippen molar-refractivity contribution in [3.63, 3.8) is 0 Å². The smallest absolute Gasteiger partial charge is 0.349 e. The van der Waals surface area contributed by atoms with Gasteiger partial charge in [0, 0.05) is 7.05 Å². The summed E-state index contributed by atoms with van der Waals surface area (Å²) in [7, 11) is 1.40. The Bertz CT molecular complexity index is 561. The molecule has 0 radical (unpaired) electrons. The van der Waals surface area contributed by atoms with Crippen LogP contribution in [0.2, 0.25) is 0 Å². The van der Waals surface area contributed by atoms with Crippen LogP contribution in [0, 0.1) is 0 Å². The summed E-state index contributed by atoms with van der Waals surface area (Å²) in [6.07, 6.45) is -5.87. The summed E-state index contributed by atoms with van der Waals surface area (Å²) in [4.78, 5) is 15.0. The normalized spacial score (nSPS) is 32.9. The van der Waals surface area contributed by atoms with Gasteiger partial charge in [0.2, 0.25) is 0 Å². The Morgan fingerprint density at radius 3 is 2.62 bits per heavy atom. The predicted molar refractivity (Wildman–Crippen MR) is 68.5 cm³/mol. The molecule has 0 unspecified atom stereocenters. The quantitative estimate of drug-likeness (QED) is 0.336. The summed E-state index contributed by atoms with van der Waals surface area (Å²) < 4.78 is 6.23. The zero-order valence-electron chi connectivity index (χ0n) is 11.1. The third-order valence-corrected chi connectivity index (χ3v) is 3.24. The molecule has 2 heterocycles. The maximum Gasteiger partial charge on any atom is 0.349 e. The number of nitrogens with one attached hydrogen (secondary N) is 1. The van der Waals surface area contributed by atoms with Gasteiger partial charge in [0.15, 0.2) is 17.8 Å². The molecular weight excluding hydrogens is 286 g/mol. The summed E-state index contributed by atoms with van der Waals surface area (Å²) in [5.41, 5.74) is -0.653. The van der Waals surface area contributed by atoms with Crippen molar-refractivity contribution in [2.45, 2.75) is 30.6 Å². The third kappa shape index (κ3) is 2.99. The first kappa shape index (κ1) is 15.7. The zero-order valence-corrected chi connectivity index (χ0v) is 11.1. The summed E-state index contributed by atoms with van der Waals surface area (Å²) in [5.74, 6) is -0.614. The van der Waals surface area contributed by atoms with Crippen molar-refractivity contribution in [3.8, 4) is 5.75 Å². The molecule has 2 rings (SSSR count). The van der Waals surface area contributed by atoms with Gasteiger partial charge in [0.25, 0.3) is 0 Å². The van der Waals surface area contributed by atoms with Crippen LogP contribution in [-0.2, 0) is 11.8 Å². The maximum atomic E-state index is 11.4. The highest BCUT2D eigenvalue weighted by atomic mass is 16.6. The summed E-state index contributed by atoms with van der Waals surface area (Å²) in [6, 6.07) is 0. The summed E-state index contributed by atoms with van der Waals surface area (Å²) >= 11 is 0. The van der Waals surface area contributed by atoms with E-state index >= 15 is 0 Å². The van der Waals surface area contributed by atoms with E-state index in [2.05, 4.69) is 10.3 Å². The molecule has 1 aromatic rings. The van der Waals surface area contributed by atoms with Crippen molar-refractivity contribution in [1.29, 1.82) is 0 Å². The van der Waals surface area contributed by atoms with Gasteiger partial charge in [-0.25, -0.2) is 4.79 Å². The molecule has 5 atom stereocenters. The average Bonchev–Trinajstić information content (AvgIpc) is 2.45. The Morgan fingerprint density at radius 1 is 1.33 bits per heavy atom. The number of aromatic nitrogens is 2. The first-order valence-corrected chi connectivity index (χ1v) is 6.19. The number of hydrogen-bond acceptors (Lipinski definition) is 9. The third-order valence-electron chi connectivity index (χ3n) is 3.24. The van der Waals surface area contributed by atoms with Gasteiger partial charge in [-0.3, -0.25) is 4.57 Å². The number of nitrogens with zero attached hydrogens (tertiary/aromatic N) is 2. The molecule has 10 heteroatoms. The van der Waals surface area contributed by atoms with Crippen molar-refractivity contribution in [2.75, 3.05) is 11.9 Å². The SMILES string of the molecule is Cn1cc(O)c(N[C@@H]2O[C@H](CO)[C@@H](O)[C@H](O)[C@H]2O)nc1=O. The van der Waals surface area contributed by atoms with E-state index in [1.165, 1.54) is 7.05 Å². The number of anilines is 1. The van der Waals surface area contributed by atoms with Crippen LogP contribution in [0.5, 0.6) is 5.75 Å². The molecule has 10 nitrogen and oxygen atoms in total. The molecule has 0 aliphatic carbocycles. The molecule has 21 heavy (non-hydrogen) atoms. The summed E-state index contributed by atoms with van der Waals surface area (Å²) in [6.45, 7) is -0.584. The Kier molecular flexibility index (Phi) is 4.44. The van der Waals surface area contributed by atoms with Gasteiger partial charge in [0.05, 0.1) is 12.8 Å². The highest BCUT2D eigenvalue weighted by molar-refractivity contribution is 5.47. The molecule has 1 aliphatic rings. The Hall–Kier alpha value is -1.72. The minimum absolute atomic E-state index is 0.248. The van der Waals surface area contributed by atoms with Crippen LogP contribution in [0.3, 0.4) is 0 Å². The minimum atomic E-state index is -1.57. The fourth-order valence-corrected chi connectivity index (χ4v) is 1.99. The fraction of sp³-hybridized carbons (Fsp3) is 0.636. The lowest BCUT2D eigenvalue weighted by molar-refractivity contribution is -0.221. The molecule has 6 N–H and O–H groups in total. The van der Waals surface area contributed by atoms with Gasteiger partial charge >= 0.3 is 5.69 Å². The van der Waals surface area contributed by atoms with Gasteiger partial charge in [-0.15, -0.1) is 0 Å². The lowest BCUT2D eigenvalue weighted by Crippen LogP contribution is -2.60. The monoisotopic (exact) mass is 303 g/mol. The first-order valence-electron chi connectivity index (χ1n) is 6.19. The zero-order chi connectivity index (χ0) is 15.7. The fourth-order valence-electron chi connectivity index (χ4n) is 1.99. The molecule has 118 valence electrons. The van der Waals surface area contributed by atoms with Crippen LogP contribution in [0.25, 0.3) is 0 Å². The van der Waals surface area contributed by atoms with Crippen molar-refractivity contribution >= 4 is 5.82 Å². The van der Waals surface area contributed by atoms with E-state index in [1.54, 1.807) is 0 Å². The van der Waals surface area contributed by atoms with E-state index < -0.39 is 42.9 Å². The lowest BCUT2D eigenvalue weighted by Gasteiger charge is -2.40. The van der Waals surface area contributed by atoms with Crippen molar-refractivity contribution in [3.05, 3.63) is 16.7 Å². The van der Waals surface area contributed by atoms with Crippen molar-refractivity contribution < 1.29 is 30.3 Å². The molecular formula is C11H17N3O7. The van der Waals surface area contributed by atoms with Crippen molar-refractivity contribution in [1.82, 2.24) is 9.55 Å². The van der Waals surface area contributed by atoms with Gasteiger partial charge < -0.3 is 35.6 Å². The largest absolute Gasteiger partial charge is 0.503 e. The van der Waals surface area contributed by atoms with E-state index in [1.807, 2.05) is 0 Å². The maximum absolute atomic E-state index is 11.4. The number of hydrogen-bond donors (Lipinski definition) is 6. The molecule has 0 aromatic carbocycles. The number of aliphatic hydroxyl groups excluding tert-OH is 4. The molecule has 1 saturated heterocycles. The molecule has 0 bridgehead atoms. The Labute approximate surface area is 118 Å². The van der Waals surface area contributed by atoms with Gasteiger partial charge in [-0.2, -0.15) is 4.98 Å². The second kappa shape index (κ2) is 5.95. The van der Waals surface area contributed by atoms with Crippen LogP contribution in [-0.4, -0.2) is 72.3 Å². The second-order valence-electron chi connectivity index (χ2n) is 4.76. The highest BCUT2D eigenvalue weighted by Crippen LogP contribution is 2.25. The van der Waals surface area contributed by atoms with Crippen LogP contribution >= 0.6 is 0 Å². The molecule has 1 fully saturated rings. The molecule has 1 aliphatic heterocycles. The Balaban J connectivity index is 2.22. The lowest BCUT2D eigenvalue weighted by atomic mass is 9.98. The van der Waals surface area contributed by atoms with Gasteiger partial charge in [0.1, 0.15) is 24.4 Å². The number of aliphatic hydroxyl groups is 4. The van der Waals surface area contributed by atoms with Gasteiger partial charge in [-0.1, -0.05) is 0 Å².